The molecule has 0 radical (unpaired) electrons. The minimum atomic E-state index is -0.862. The first-order valence-electron chi connectivity index (χ1n) is 6.79. The quantitative estimate of drug-likeness (QED) is 0.467. The predicted molar refractivity (Wildman–Crippen MR) is 73.4 cm³/mol. The lowest BCUT2D eigenvalue weighted by Gasteiger charge is -2.32. The van der Waals surface area contributed by atoms with Gasteiger partial charge in [-0.15, -0.1) is 0 Å². The highest BCUT2D eigenvalue weighted by molar-refractivity contribution is 6.12. The molecule has 20 heavy (non-hydrogen) atoms. The van der Waals surface area contributed by atoms with Gasteiger partial charge < -0.3 is 10.1 Å². The van der Waals surface area contributed by atoms with Gasteiger partial charge in [0.2, 0.25) is 0 Å². The fourth-order valence-corrected chi connectivity index (χ4v) is 2.26. The van der Waals surface area contributed by atoms with E-state index >= 15 is 0 Å². The number of Topliss-reactive ketones (excluding diaryl/α,β-unsaturated/α-hetero) is 1. The van der Waals surface area contributed by atoms with Gasteiger partial charge in [0, 0.05) is 44.1 Å². The Kier molecular flexibility index (Phi) is 5.20. The molecule has 6 nitrogen and oxygen atoms in total. The van der Waals surface area contributed by atoms with Crippen molar-refractivity contribution in [3.05, 3.63) is 30.1 Å². The Bertz CT molecular complexity index is 458. The number of hydrogen-bond donors (Lipinski definition) is 1. The van der Waals surface area contributed by atoms with E-state index in [1.807, 2.05) is 4.90 Å². The minimum Gasteiger partial charge on any atom is -0.464 e. The molecule has 0 saturated carbocycles. The van der Waals surface area contributed by atoms with Crippen molar-refractivity contribution in [1.29, 1.82) is 0 Å². The first kappa shape index (κ1) is 14.6. The van der Waals surface area contributed by atoms with Crippen molar-refractivity contribution in [3.8, 4) is 0 Å². The largest absolute Gasteiger partial charge is 0.464 e. The molecule has 2 heterocycles. The van der Waals surface area contributed by atoms with Gasteiger partial charge in [-0.3, -0.25) is 14.7 Å². The molecule has 0 aromatic carbocycles. The highest BCUT2D eigenvalue weighted by atomic mass is 16.5. The maximum atomic E-state index is 12.6. The van der Waals surface area contributed by atoms with Crippen molar-refractivity contribution in [2.45, 2.75) is 13.0 Å². The van der Waals surface area contributed by atoms with Crippen LogP contribution in [-0.4, -0.2) is 60.5 Å². The van der Waals surface area contributed by atoms with Crippen molar-refractivity contribution in [1.82, 2.24) is 15.2 Å². The number of ketones is 1. The van der Waals surface area contributed by atoms with Crippen molar-refractivity contribution in [2.24, 2.45) is 0 Å². The SMILES string of the molecule is CCOC(=O)C(C(=O)c1ccncc1)N1CCNCC1. The molecule has 1 atom stereocenters. The van der Waals surface area contributed by atoms with E-state index in [4.69, 9.17) is 4.74 Å². The Morgan fingerprint density at radius 1 is 1.35 bits per heavy atom. The number of piperazine rings is 1. The minimum absolute atomic E-state index is 0.229. The molecule has 0 bridgehead atoms. The van der Waals surface area contributed by atoms with Crippen LogP contribution in [0.1, 0.15) is 17.3 Å². The molecule has 6 heteroatoms. The third-order valence-electron chi connectivity index (χ3n) is 3.24. The third-order valence-corrected chi connectivity index (χ3v) is 3.24. The summed E-state index contributed by atoms with van der Waals surface area (Å²) < 4.78 is 5.06. The first-order chi connectivity index (χ1) is 9.74. The van der Waals surface area contributed by atoms with Gasteiger partial charge in [-0.2, -0.15) is 0 Å². The number of nitrogens with zero attached hydrogens (tertiary/aromatic N) is 2. The van der Waals surface area contributed by atoms with Crippen LogP contribution in [0.2, 0.25) is 0 Å². The summed E-state index contributed by atoms with van der Waals surface area (Å²) >= 11 is 0. The van der Waals surface area contributed by atoms with Crippen LogP contribution < -0.4 is 5.32 Å². The number of nitrogens with one attached hydrogen (secondary N) is 1. The van der Waals surface area contributed by atoms with Crippen LogP contribution in [0.3, 0.4) is 0 Å². The summed E-state index contributed by atoms with van der Waals surface area (Å²) in [6.45, 7) is 4.84. The molecule has 1 aliphatic rings. The second kappa shape index (κ2) is 7.12. The van der Waals surface area contributed by atoms with Gasteiger partial charge in [-0.05, 0) is 19.1 Å². The van der Waals surface area contributed by atoms with Crippen molar-refractivity contribution < 1.29 is 14.3 Å². The van der Waals surface area contributed by atoms with Crippen LogP contribution in [0.15, 0.2) is 24.5 Å². The van der Waals surface area contributed by atoms with Gasteiger partial charge in [-0.1, -0.05) is 0 Å². The summed E-state index contributed by atoms with van der Waals surface area (Å²) in [7, 11) is 0. The van der Waals surface area contributed by atoms with E-state index in [0.29, 0.717) is 18.7 Å². The fraction of sp³-hybridized carbons (Fsp3) is 0.500. The van der Waals surface area contributed by atoms with Crippen molar-refractivity contribution in [3.63, 3.8) is 0 Å². The Hall–Kier alpha value is -1.79. The van der Waals surface area contributed by atoms with Crippen LogP contribution in [0.4, 0.5) is 0 Å². The molecule has 108 valence electrons. The molecule has 0 amide bonds. The zero-order valence-electron chi connectivity index (χ0n) is 11.5. The zero-order chi connectivity index (χ0) is 14.4. The molecule has 1 saturated heterocycles. The van der Waals surface area contributed by atoms with Crippen LogP contribution in [0.5, 0.6) is 0 Å². The summed E-state index contributed by atoms with van der Waals surface area (Å²) in [6.07, 6.45) is 3.10. The van der Waals surface area contributed by atoms with E-state index in [9.17, 15) is 9.59 Å². The molecule has 0 aliphatic carbocycles. The highest BCUT2D eigenvalue weighted by Crippen LogP contribution is 2.11. The average Bonchev–Trinajstić information content (AvgIpc) is 2.50. The lowest BCUT2D eigenvalue weighted by molar-refractivity contribution is -0.147. The number of pyridine rings is 1. The van der Waals surface area contributed by atoms with E-state index in [1.54, 1.807) is 31.5 Å². The predicted octanol–water partition coefficient (Wildman–Crippen LogP) is 0.101. The number of rotatable bonds is 5. The van der Waals surface area contributed by atoms with Gasteiger partial charge in [0.15, 0.2) is 11.8 Å². The molecular formula is C14H19N3O3. The average molecular weight is 277 g/mol. The molecule has 2 rings (SSSR count). The van der Waals surface area contributed by atoms with Crippen molar-refractivity contribution in [2.75, 3.05) is 32.8 Å². The zero-order valence-corrected chi connectivity index (χ0v) is 11.5. The van der Waals surface area contributed by atoms with Crippen molar-refractivity contribution >= 4 is 11.8 Å². The molecule has 0 spiro atoms. The third kappa shape index (κ3) is 3.40. The summed E-state index contributed by atoms with van der Waals surface area (Å²) in [4.78, 5) is 30.5. The smallest absolute Gasteiger partial charge is 0.331 e. The summed E-state index contributed by atoms with van der Waals surface area (Å²) in [5.74, 6) is -0.705. The van der Waals surface area contributed by atoms with Gasteiger partial charge in [0.05, 0.1) is 6.61 Å². The van der Waals surface area contributed by atoms with Gasteiger partial charge >= 0.3 is 5.97 Å². The number of aromatic nitrogens is 1. The van der Waals surface area contributed by atoms with Crippen LogP contribution in [-0.2, 0) is 9.53 Å². The van der Waals surface area contributed by atoms with E-state index in [1.165, 1.54) is 0 Å². The normalized spacial score (nSPS) is 17.4. The van der Waals surface area contributed by atoms with Crippen LogP contribution >= 0.6 is 0 Å². The summed E-state index contributed by atoms with van der Waals surface area (Å²) in [5, 5.41) is 3.20. The monoisotopic (exact) mass is 277 g/mol. The van der Waals surface area contributed by atoms with E-state index in [0.717, 1.165) is 13.1 Å². The standard InChI is InChI=1S/C14H19N3O3/c1-2-20-14(19)12(17-9-7-16-8-10-17)13(18)11-3-5-15-6-4-11/h3-6,12,16H,2,7-10H2,1H3. The maximum Gasteiger partial charge on any atom is 0.331 e. The van der Waals surface area contributed by atoms with Gasteiger partial charge in [-0.25, -0.2) is 4.79 Å². The second-order valence-corrected chi connectivity index (χ2v) is 4.54. The molecular weight excluding hydrogens is 258 g/mol. The Balaban J connectivity index is 2.21. The van der Waals surface area contributed by atoms with E-state index < -0.39 is 12.0 Å². The Morgan fingerprint density at radius 2 is 2.00 bits per heavy atom. The van der Waals surface area contributed by atoms with Crippen LogP contribution in [0.25, 0.3) is 0 Å². The summed E-state index contributed by atoms with van der Waals surface area (Å²) in [6, 6.07) is 2.38. The molecule has 1 aromatic heterocycles. The van der Waals surface area contributed by atoms with E-state index in [2.05, 4.69) is 10.3 Å². The van der Waals surface area contributed by atoms with Gasteiger partial charge in [0.25, 0.3) is 0 Å². The van der Waals surface area contributed by atoms with Crippen LogP contribution in [0, 0.1) is 0 Å². The Morgan fingerprint density at radius 3 is 2.60 bits per heavy atom. The van der Waals surface area contributed by atoms with Gasteiger partial charge in [0.1, 0.15) is 0 Å². The summed E-state index contributed by atoms with van der Waals surface area (Å²) in [5.41, 5.74) is 0.483. The highest BCUT2D eigenvalue weighted by Gasteiger charge is 2.35. The second-order valence-electron chi connectivity index (χ2n) is 4.54. The first-order valence-corrected chi connectivity index (χ1v) is 6.79. The molecule has 1 aromatic rings. The lowest BCUT2D eigenvalue weighted by atomic mass is 10.0. The lowest BCUT2D eigenvalue weighted by Crippen LogP contribution is -2.54. The Labute approximate surface area is 118 Å². The molecule has 1 N–H and O–H groups in total. The number of carbonyl (C=O) groups excluding carboxylic acids is 2. The van der Waals surface area contributed by atoms with E-state index in [-0.39, 0.29) is 12.4 Å². The fourth-order valence-electron chi connectivity index (χ4n) is 2.26. The maximum absolute atomic E-state index is 12.6. The topological polar surface area (TPSA) is 71.5 Å². The number of hydrogen-bond acceptors (Lipinski definition) is 6. The molecule has 1 fully saturated rings. The molecule has 1 unspecified atom stereocenters. The number of carbonyl (C=O) groups is 2. The number of ether oxygens (including phenoxy) is 1. The molecule has 1 aliphatic heterocycles. The number of esters is 1.